The van der Waals surface area contributed by atoms with Crippen LogP contribution in [-0.2, 0) is 0 Å². The highest BCUT2D eigenvalue weighted by Gasteiger charge is 2.28. The minimum absolute atomic E-state index is 0.0163. The van der Waals surface area contributed by atoms with Crippen LogP contribution in [0.15, 0.2) is 59.1 Å². The minimum Gasteiger partial charge on any atom is -0.507 e. The van der Waals surface area contributed by atoms with Crippen molar-refractivity contribution in [2.24, 2.45) is 0 Å². The van der Waals surface area contributed by atoms with E-state index in [1.165, 1.54) is 6.07 Å². The Kier molecular flexibility index (Phi) is 5.08. The molecule has 28 heavy (non-hydrogen) atoms. The smallest absolute Gasteiger partial charge is 0.257 e. The van der Waals surface area contributed by atoms with Crippen molar-refractivity contribution in [1.82, 2.24) is 19.9 Å². The van der Waals surface area contributed by atoms with E-state index >= 15 is 0 Å². The number of nitrogens with zero attached hydrogens (tertiary/aromatic N) is 4. The Morgan fingerprint density at radius 3 is 2.43 bits per heavy atom. The molecule has 2 heterocycles. The first-order valence-corrected chi connectivity index (χ1v) is 9.34. The molecule has 0 aliphatic carbocycles. The molecule has 0 bridgehead atoms. The molecule has 1 aliphatic rings. The lowest BCUT2D eigenvalue weighted by molar-refractivity contribution is 0.0549. The summed E-state index contributed by atoms with van der Waals surface area (Å²) in [5.41, 5.74) is 1.26. The molecule has 1 amide bonds. The van der Waals surface area contributed by atoms with Crippen molar-refractivity contribution in [3.05, 3.63) is 66.1 Å². The van der Waals surface area contributed by atoms with Gasteiger partial charge in [0.1, 0.15) is 5.75 Å². The number of phenols is 1. The van der Waals surface area contributed by atoms with E-state index in [0.717, 1.165) is 5.56 Å². The van der Waals surface area contributed by atoms with Crippen LogP contribution in [0.2, 0.25) is 0 Å². The zero-order valence-electron chi connectivity index (χ0n) is 15.7. The van der Waals surface area contributed by atoms with Gasteiger partial charge in [-0.2, -0.15) is 4.98 Å². The number of phenolic OH excluding ortho intramolecular Hbond substituents is 1. The maximum absolute atomic E-state index is 12.6. The molecule has 1 saturated heterocycles. The number of amides is 1. The van der Waals surface area contributed by atoms with Gasteiger partial charge in [0.2, 0.25) is 11.7 Å². The number of hydrogen-bond donors (Lipinski definition) is 1. The molecule has 0 saturated carbocycles. The topological polar surface area (TPSA) is 82.7 Å². The Morgan fingerprint density at radius 2 is 1.71 bits per heavy atom. The van der Waals surface area contributed by atoms with Crippen LogP contribution < -0.4 is 0 Å². The van der Waals surface area contributed by atoms with E-state index in [1.807, 2.05) is 37.3 Å². The normalized spacial score (nSPS) is 16.1. The quantitative estimate of drug-likeness (QED) is 0.752. The summed E-state index contributed by atoms with van der Waals surface area (Å²) in [5.74, 6) is 1.02. The standard InChI is InChI=1S/C21H22N4O3/c1-15(20-22-19(23-28-20)16-7-3-2-4-8-16)24-11-13-25(14-12-24)21(27)17-9-5-6-10-18(17)26/h2-10,15,26H,11-14H2,1H3. The van der Waals surface area contributed by atoms with Crippen LogP contribution in [0, 0.1) is 0 Å². The highest BCUT2D eigenvalue weighted by molar-refractivity contribution is 5.96. The summed E-state index contributed by atoms with van der Waals surface area (Å²) >= 11 is 0. The zero-order chi connectivity index (χ0) is 19.5. The first-order valence-electron chi connectivity index (χ1n) is 9.34. The van der Waals surface area contributed by atoms with Crippen molar-refractivity contribution in [3.8, 4) is 17.1 Å². The van der Waals surface area contributed by atoms with Crippen LogP contribution in [0.3, 0.4) is 0 Å². The predicted molar refractivity (Wildman–Crippen MR) is 104 cm³/mol. The predicted octanol–water partition coefficient (Wildman–Crippen LogP) is 2.96. The molecule has 1 atom stereocenters. The monoisotopic (exact) mass is 378 g/mol. The van der Waals surface area contributed by atoms with Gasteiger partial charge >= 0.3 is 0 Å². The summed E-state index contributed by atoms with van der Waals surface area (Å²) in [6.07, 6.45) is 0. The average Bonchev–Trinajstić information content (AvgIpc) is 3.24. The Balaban J connectivity index is 1.39. The van der Waals surface area contributed by atoms with Gasteiger partial charge in [-0.25, -0.2) is 0 Å². The van der Waals surface area contributed by atoms with Gasteiger partial charge in [0, 0.05) is 31.7 Å². The van der Waals surface area contributed by atoms with Gasteiger partial charge in [0.25, 0.3) is 5.91 Å². The molecule has 1 N–H and O–H groups in total. The van der Waals surface area contributed by atoms with Crippen LogP contribution in [0.1, 0.15) is 29.2 Å². The number of piperazine rings is 1. The third-order valence-corrected chi connectivity index (χ3v) is 5.11. The second-order valence-electron chi connectivity index (χ2n) is 6.84. The van der Waals surface area contributed by atoms with E-state index < -0.39 is 0 Å². The second-order valence-corrected chi connectivity index (χ2v) is 6.84. The van der Waals surface area contributed by atoms with Crippen molar-refractivity contribution in [3.63, 3.8) is 0 Å². The molecular formula is C21H22N4O3. The number of carbonyl (C=O) groups is 1. The third kappa shape index (κ3) is 3.61. The Labute approximate surface area is 163 Å². The highest BCUT2D eigenvalue weighted by atomic mass is 16.5. The van der Waals surface area contributed by atoms with Crippen molar-refractivity contribution in [2.75, 3.05) is 26.2 Å². The number of para-hydroxylation sites is 1. The van der Waals surface area contributed by atoms with Crippen LogP contribution in [0.5, 0.6) is 5.75 Å². The number of carbonyl (C=O) groups excluding carboxylic acids is 1. The second kappa shape index (κ2) is 7.82. The molecule has 144 valence electrons. The summed E-state index contributed by atoms with van der Waals surface area (Å²) in [6.45, 7) is 4.59. The maximum Gasteiger partial charge on any atom is 0.257 e. The lowest BCUT2D eigenvalue weighted by Gasteiger charge is -2.36. The first kappa shape index (κ1) is 18.2. The van der Waals surface area contributed by atoms with Gasteiger partial charge in [0.15, 0.2) is 0 Å². The molecule has 1 unspecified atom stereocenters. The lowest BCUT2D eigenvalue weighted by Crippen LogP contribution is -2.49. The largest absolute Gasteiger partial charge is 0.507 e. The van der Waals surface area contributed by atoms with Crippen molar-refractivity contribution >= 4 is 5.91 Å². The van der Waals surface area contributed by atoms with E-state index in [0.29, 0.717) is 43.5 Å². The average molecular weight is 378 g/mol. The van der Waals surface area contributed by atoms with Crippen molar-refractivity contribution in [1.29, 1.82) is 0 Å². The summed E-state index contributed by atoms with van der Waals surface area (Å²) in [7, 11) is 0. The van der Waals surface area contributed by atoms with E-state index in [2.05, 4.69) is 15.0 Å². The molecular weight excluding hydrogens is 356 g/mol. The van der Waals surface area contributed by atoms with Crippen molar-refractivity contribution in [2.45, 2.75) is 13.0 Å². The van der Waals surface area contributed by atoms with Gasteiger partial charge in [0.05, 0.1) is 11.6 Å². The maximum atomic E-state index is 12.6. The summed E-state index contributed by atoms with van der Waals surface area (Å²) < 4.78 is 5.48. The molecule has 0 spiro atoms. The first-order chi connectivity index (χ1) is 13.6. The fourth-order valence-electron chi connectivity index (χ4n) is 3.40. The number of rotatable bonds is 4. The summed E-state index contributed by atoms with van der Waals surface area (Å²) in [6, 6.07) is 16.3. The molecule has 7 heteroatoms. The number of hydrogen-bond acceptors (Lipinski definition) is 6. The van der Waals surface area contributed by atoms with Crippen LogP contribution in [0.4, 0.5) is 0 Å². The fraction of sp³-hybridized carbons (Fsp3) is 0.286. The lowest BCUT2D eigenvalue weighted by atomic mass is 10.1. The molecule has 1 aromatic heterocycles. The minimum atomic E-state index is -0.144. The van der Waals surface area contributed by atoms with Crippen LogP contribution >= 0.6 is 0 Å². The van der Waals surface area contributed by atoms with Gasteiger partial charge < -0.3 is 14.5 Å². The molecule has 0 radical (unpaired) electrons. The fourth-order valence-corrected chi connectivity index (χ4v) is 3.40. The number of aromatic hydroxyl groups is 1. The highest BCUT2D eigenvalue weighted by Crippen LogP contribution is 2.24. The van der Waals surface area contributed by atoms with Crippen molar-refractivity contribution < 1.29 is 14.4 Å². The molecule has 1 fully saturated rings. The SMILES string of the molecule is CC(c1nc(-c2ccccc2)no1)N1CCN(C(=O)c2ccccc2O)CC1. The van der Waals surface area contributed by atoms with Gasteiger partial charge in [-0.1, -0.05) is 47.6 Å². The Hall–Kier alpha value is -3.19. The van der Waals surface area contributed by atoms with Gasteiger partial charge in [-0.15, -0.1) is 0 Å². The van der Waals surface area contributed by atoms with E-state index in [-0.39, 0.29) is 17.7 Å². The van der Waals surface area contributed by atoms with E-state index in [9.17, 15) is 9.90 Å². The summed E-state index contributed by atoms with van der Waals surface area (Å²) in [5, 5.41) is 14.0. The number of aromatic nitrogens is 2. The molecule has 2 aromatic carbocycles. The molecule has 1 aliphatic heterocycles. The third-order valence-electron chi connectivity index (χ3n) is 5.11. The van der Waals surface area contributed by atoms with E-state index in [1.54, 1.807) is 23.1 Å². The Bertz CT molecular complexity index is 949. The molecule has 7 nitrogen and oxygen atoms in total. The summed E-state index contributed by atoms with van der Waals surface area (Å²) in [4.78, 5) is 21.2. The zero-order valence-corrected chi connectivity index (χ0v) is 15.7. The van der Waals surface area contributed by atoms with Gasteiger partial charge in [-0.05, 0) is 19.1 Å². The van der Waals surface area contributed by atoms with E-state index in [4.69, 9.17) is 4.52 Å². The Morgan fingerprint density at radius 1 is 1.04 bits per heavy atom. The van der Waals surface area contributed by atoms with Crippen LogP contribution in [0.25, 0.3) is 11.4 Å². The van der Waals surface area contributed by atoms with Gasteiger partial charge in [-0.3, -0.25) is 9.69 Å². The van der Waals surface area contributed by atoms with Crippen LogP contribution in [-0.4, -0.2) is 57.1 Å². The number of benzene rings is 2. The molecule has 4 rings (SSSR count). The molecule has 3 aromatic rings.